The molecule has 0 bridgehead atoms. The third-order valence-corrected chi connectivity index (χ3v) is 4.00. The fourth-order valence-corrected chi connectivity index (χ4v) is 2.85. The van der Waals surface area contributed by atoms with E-state index >= 15 is 0 Å². The van der Waals surface area contributed by atoms with Gasteiger partial charge in [-0.2, -0.15) is 0 Å². The van der Waals surface area contributed by atoms with Crippen LogP contribution >= 0.6 is 0 Å². The first-order valence-corrected chi connectivity index (χ1v) is 12.3. The highest BCUT2D eigenvalue weighted by atomic mass is 16.8. The van der Waals surface area contributed by atoms with E-state index in [2.05, 4.69) is 0 Å². The molecular weight excluding hydrogens is 522 g/mol. The van der Waals surface area contributed by atoms with Crippen LogP contribution in [0.4, 0.5) is 19.2 Å². The average molecular weight is 566 g/mol. The highest BCUT2D eigenvalue weighted by Gasteiger charge is 2.54. The van der Waals surface area contributed by atoms with Crippen molar-refractivity contribution in [1.29, 1.82) is 0 Å². The molecular formula is C25H43NO13. The van der Waals surface area contributed by atoms with Crippen LogP contribution in [0.2, 0.25) is 0 Å². The van der Waals surface area contributed by atoms with Crippen molar-refractivity contribution in [3.05, 3.63) is 0 Å². The minimum Gasteiger partial charge on any atom is -0.429 e. The van der Waals surface area contributed by atoms with Crippen LogP contribution in [0, 0.1) is 0 Å². The molecule has 1 aliphatic rings. The van der Waals surface area contributed by atoms with Crippen molar-refractivity contribution in [3.63, 3.8) is 0 Å². The molecule has 0 aromatic carbocycles. The molecule has 1 heterocycles. The molecule has 1 aliphatic heterocycles. The van der Waals surface area contributed by atoms with E-state index in [4.69, 9.17) is 48.4 Å². The van der Waals surface area contributed by atoms with E-state index in [1.165, 1.54) is 0 Å². The maximum Gasteiger partial charge on any atom is 0.511 e. The summed E-state index contributed by atoms with van der Waals surface area (Å²) in [5.41, 5.74) is 2.20. The van der Waals surface area contributed by atoms with E-state index in [0.717, 1.165) is 0 Å². The number of hydrogen-bond acceptors (Lipinski definition) is 14. The van der Waals surface area contributed by atoms with Crippen molar-refractivity contribution in [2.45, 2.75) is 136 Å². The Bertz CT molecular complexity index is 876. The fraction of sp³-hybridized carbons (Fsp3) is 0.840. The van der Waals surface area contributed by atoms with Crippen LogP contribution in [0.5, 0.6) is 0 Å². The summed E-state index contributed by atoms with van der Waals surface area (Å²) in [6, 6.07) is 0. The van der Waals surface area contributed by atoms with E-state index in [0.29, 0.717) is 0 Å². The Morgan fingerprint density at radius 3 is 1.10 bits per heavy atom. The van der Waals surface area contributed by atoms with Crippen molar-refractivity contribution in [1.82, 2.24) is 0 Å². The van der Waals surface area contributed by atoms with E-state index < -0.39 is 77.9 Å². The molecule has 0 aromatic rings. The van der Waals surface area contributed by atoms with Crippen molar-refractivity contribution in [3.8, 4) is 0 Å². The zero-order chi connectivity index (χ0) is 30.6. The van der Waals surface area contributed by atoms with Crippen LogP contribution in [0.1, 0.15) is 83.1 Å². The van der Waals surface area contributed by atoms with Crippen LogP contribution in [0.15, 0.2) is 0 Å². The molecule has 0 unspecified atom stereocenters. The molecule has 39 heavy (non-hydrogen) atoms. The van der Waals surface area contributed by atoms with Crippen LogP contribution in [-0.2, 0) is 42.6 Å². The summed E-state index contributed by atoms with van der Waals surface area (Å²) in [4.78, 5) is 50.3. The standard InChI is InChI=1S/C25H43NO13/c1-22(2,3)36-18(27)31-13-14(32-19(28)37-23(4,5)6)16(26)34-17(35-21(30)39-25(10,11)12)15(13)33-20(29)38-24(7,8)9/h13-17H,26H2,1-12H3/t13-,14-,15-,16-,17-/m1/s1. The van der Waals surface area contributed by atoms with E-state index in [1.54, 1.807) is 83.1 Å². The maximum absolute atomic E-state index is 12.7. The highest BCUT2D eigenvalue weighted by Crippen LogP contribution is 2.30. The summed E-state index contributed by atoms with van der Waals surface area (Å²) >= 11 is 0. The predicted octanol–water partition coefficient (Wildman–Crippen LogP) is 4.54. The predicted molar refractivity (Wildman–Crippen MR) is 133 cm³/mol. The first-order chi connectivity index (χ1) is 17.3. The molecule has 0 saturated carbocycles. The normalized spacial score (nSPS) is 24.1. The summed E-state index contributed by atoms with van der Waals surface area (Å²) in [6.07, 6.45) is -13.3. The van der Waals surface area contributed by atoms with Gasteiger partial charge in [0.2, 0.25) is 12.4 Å². The summed E-state index contributed by atoms with van der Waals surface area (Å²) in [6.45, 7) is 19.1. The third kappa shape index (κ3) is 13.6. The lowest BCUT2D eigenvalue weighted by Crippen LogP contribution is -2.65. The number of carbonyl (C=O) groups excluding carboxylic acids is 4. The number of carbonyl (C=O) groups is 4. The average Bonchev–Trinajstić information content (AvgIpc) is 2.61. The minimum atomic E-state index is -1.78. The van der Waals surface area contributed by atoms with Gasteiger partial charge in [0.25, 0.3) is 0 Å². The van der Waals surface area contributed by atoms with Gasteiger partial charge in [-0.25, -0.2) is 19.2 Å². The number of hydrogen-bond donors (Lipinski definition) is 1. The van der Waals surface area contributed by atoms with Crippen LogP contribution < -0.4 is 5.73 Å². The quantitative estimate of drug-likeness (QED) is 0.371. The lowest BCUT2D eigenvalue weighted by Gasteiger charge is -2.42. The van der Waals surface area contributed by atoms with Crippen LogP contribution in [-0.4, -0.2) is 77.9 Å². The van der Waals surface area contributed by atoms with Crippen LogP contribution in [0.25, 0.3) is 0 Å². The van der Waals surface area contributed by atoms with Gasteiger partial charge in [-0.05, 0) is 83.1 Å². The van der Waals surface area contributed by atoms with Crippen molar-refractivity contribution < 1.29 is 61.8 Å². The van der Waals surface area contributed by atoms with E-state index in [9.17, 15) is 19.2 Å². The molecule has 1 saturated heterocycles. The van der Waals surface area contributed by atoms with E-state index in [1.807, 2.05) is 0 Å². The zero-order valence-corrected chi connectivity index (χ0v) is 24.8. The Kier molecular flexibility index (Phi) is 10.9. The lowest BCUT2D eigenvalue weighted by molar-refractivity contribution is -0.290. The molecule has 0 aromatic heterocycles. The molecule has 1 fully saturated rings. The molecule has 0 spiro atoms. The Hall–Kier alpha value is -3.00. The summed E-state index contributed by atoms with van der Waals surface area (Å²) in [5.74, 6) is 0. The van der Waals surface area contributed by atoms with Gasteiger partial charge < -0.3 is 48.4 Å². The summed E-state index contributed by atoms with van der Waals surface area (Å²) in [7, 11) is 0. The Morgan fingerprint density at radius 2 is 0.769 bits per heavy atom. The summed E-state index contributed by atoms with van der Waals surface area (Å²) < 4.78 is 47.6. The van der Waals surface area contributed by atoms with Gasteiger partial charge in [-0.1, -0.05) is 0 Å². The van der Waals surface area contributed by atoms with Gasteiger partial charge in [0.15, 0.2) is 18.4 Å². The first-order valence-electron chi connectivity index (χ1n) is 12.3. The third-order valence-electron chi connectivity index (χ3n) is 4.00. The molecule has 5 atom stereocenters. The SMILES string of the molecule is CC(C)(C)OC(=O)O[C@H]1O[C@@H](N)[C@H](OC(=O)OC(C)(C)C)[C@@H](OC(=O)OC(C)(C)C)[C@H]1OC(=O)OC(C)(C)C. The molecule has 226 valence electrons. The monoisotopic (exact) mass is 565 g/mol. The highest BCUT2D eigenvalue weighted by molar-refractivity contribution is 5.64. The Balaban J connectivity index is 3.46. The first kappa shape index (κ1) is 34.0. The molecule has 2 N–H and O–H groups in total. The van der Waals surface area contributed by atoms with Gasteiger partial charge in [0.05, 0.1) is 0 Å². The fourth-order valence-electron chi connectivity index (χ4n) is 2.85. The smallest absolute Gasteiger partial charge is 0.429 e. The molecule has 0 amide bonds. The van der Waals surface area contributed by atoms with Crippen molar-refractivity contribution >= 4 is 24.6 Å². The maximum atomic E-state index is 12.7. The van der Waals surface area contributed by atoms with Gasteiger partial charge in [0.1, 0.15) is 22.4 Å². The second-order valence-electron chi connectivity index (χ2n) is 12.7. The summed E-state index contributed by atoms with van der Waals surface area (Å²) in [5, 5.41) is 0. The van der Waals surface area contributed by atoms with Crippen molar-refractivity contribution in [2.24, 2.45) is 5.73 Å². The van der Waals surface area contributed by atoms with E-state index in [-0.39, 0.29) is 0 Å². The molecule has 0 radical (unpaired) electrons. The van der Waals surface area contributed by atoms with Gasteiger partial charge >= 0.3 is 24.6 Å². The molecule has 1 rings (SSSR count). The molecule has 0 aliphatic carbocycles. The Labute approximate surface area is 228 Å². The zero-order valence-electron chi connectivity index (χ0n) is 24.8. The molecule has 14 nitrogen and oxygen atoms in total. The van der Waals surface area contributed by atoms with Crippen LogP contribution in [0.3, 0.4) is 0 Å². The Morgan fingerprint density at radius 1 is 0.487 bits per heavy atom. The number of rotatable bonds is 4. The second kappa shape index (κ2) is 12.5. The van der Waals surface area contributed by atoms with Crippen molar-refractivity contribution in [2.75, 3.05) is 0 Å². The van der Waals surface area contributed by atoms with Gasteiger partial charge in [0, 0.05) is 0 Å². The lowest BCUT2D eigenvalue weighted by atomic mass is 10.0. The minimum absolute atomic E-state index is 0.951. The molecule has 14 heteroatoms. The van der Waals surface area contributed by atoms with Gasteiger partial charge in [-0.3, -0.25) is 0 Å². The van der Waals surface area contributed by atoms with Gasteiger partial charge in [-0.15, -0.1) is 0 Å². The topological polar surface area (TPSA) is 177 Å². The largest absolute Gasteiger partial charge is 0.511 e. The number of ether oxygens (including phenoxy) is 9. The number of nitrogens with two attached hydrogens (primary N) is 1. The second-order valence-corrected chi connectivity index (χ2v) is 12.7.